The highest BCUT2D eigenvalue weighted by molar-refractivity contribution is 5.99. The molecule has 8 nitrogen and oxygen atoms in total. The van der Waals surface area contributed by atoms with Gasteiger partial charge in [0.1, 0.15) is 5.56 Å². The van der Waals surface area contributed by atoms with Crippen molar-refractivity contribution in [3.63, 3.8) is 0 Å². The number of aryl methyl sites for hydroxylation is 3. The van der Waals surface area contributed by atoms with Gasteiger partial charge in [-0.2, -0.15) is 10.2 Å². The molecule has 0 fully saturated rings. The van der Waals surface area contributed by atoms with Gasteiger partial charge < -0.3 is 5.32 Å². The van der Waals surface area contributed by atoms with Crippen LogP contribution in [0.15, 0.2) is 23.1 Å². The molecule has 1 aliphatic rings. The van der Waals surface area contributed by atoms with E-state index in [4.69, 9.17) is 0 Å². The number of aromatic amines is 1. The van der Waals surface area contributed by atoms with Crippen LogP contribution in [0.25, 0.3) is 5.65 Å². The number of rotatable bonds is 2. The topological polar surface area (TPSA) is 105 Å². The molecule has 0 bridgehead atoms. The number of hydrogen-bond donors (Lipinski definition) is 2. The average molecular weight is 338 g/mol. The predicted octanol–water partition coefficient (Wildman–Crippen LogP) is 0.717. The molecular weight excluding hydrogens is 320 g/mol. The quantitative estimate of drug-likeness (QED) is 0.716. The smallest absolute Gasteiger partial charge is 0.264 e. The molecule has 0 aliphatic heterocycles. The summed E-state index contributed by atoms with van der Waals surface area (Å²) in [5.74, 6) is -0.196. The highest BCUT2D eigenvalue weighted by Gasteiger charge is 2.24. The van der Waals surface area contributed by atoms with Gasteiger partial charge in [0.25, 0.3) is 11.5 Å². The molecule has 128 valence electrons. The molecule has 0 saturated heterocycles. The summed E-state index contributed by atoms with van der Waals surface area (Å²) in [7, 11) is 0. The minimum Gasteiger partial charge on any atom is -0.349 e. The number of carbonyl (C=O) groups is 1. The molecule has 3 aromatic heterocycles. The second-order valence-electron chi connectivity index (χ2n) is 6.45. The highest BCUT2D eigenvalue weighted by atomic mass is 16.1. The molecule has 25 heavy (non-hydrogen) atoms. The predicted molar refractivity (Wildman–Crippen MR) is 90.6 cm³/mol. The molecule has 0 aromatic carbocycles. The maximum atomic E-state index is 12.7. The van der Waals surface area contributed by atoms with Gasteiger partial charge in [0.15, 0.2) is 5.65 Å². The van der Waals surface area contributed by atoms with Crippen LogP contribution in [0.1, 0.15) is 39.4 Å². The van der Waals surface area contributed by atoms with E-state index in [-0.39, 0.29) is 17.5 Å². The third-order valence-electron chi connectivity index (χ3n) is 4.53. The molecule has 8 heteroatoms. The first kappa shape index (κ1) is 15.5. The van der Waals surface area contributed by atoms with E-state index in [1.807, 2.05) is 19.9 Å². The summed E-state index contributed by atoms with van der Waals surface area (Å²) in [6.07, 6.45) is 3.65. The Bertz CT molecular complexity index is 1040. The van der Waals surface area contributed by atoms with Crippen molar-refractivity contribution in [2.45, 2.75) is 39.2 Å². The molecule has 0 spiro atoms. The molecule has 0 saturated carbocycles. The maximum absolute atomic E-state index is 12.7. The Hall–Kier alpha value is -3.03. The van der Waals surface area contributed by atoms with Crippen molar-refractivity contribution in [2.75, 3.05) is 0 Å². The minimum atomic E-state index is -0.219. The second kappa shape index (κ2) is 5.80. The molecule has 0 radical (unpaired) electrons. The molecule has 1 aliphatic carbocycles. The van der Waals surface area contributed by atoms with Gasteiger partial charge in [0, 0.05) is 23.5 Å². The lowest BCUT2D eigenvalue weighted by Crippen LogP contribution is -2.39. The van der Waals surface area contributed by atoms with Crippen molar-refractivity contribution in [1.29, 1.82) is 0 Å². The van der Waals surface area contributed by atoms with E-state index < -0.39 is 0 Å². The summed E-state index contributed by atoms with van der Waals surface area (Å²) in [5, 5.41) is 13.8. The van der Waals surface area contributed by atoms with Crippen molar-refractivity contribution in [1.82, 2.24) is 30.1 Å². The van der Waals surface area contributed by atoms with Crippen LogP contribution in [0.5, 0.6) is 0 Å². The van der Waals surface area contributed by atoms with E-state index in [0.717, 1.165) is 35.5 Å². The molecule has 1 unspecified atom stereocenters. The molecule has 1 atom stereocenters. The summed E-state index contributed by atoms with van der Waals surface area (Å²) < 4.78 is 1.67. The van der Waals surface area contributed by atoms with Crippen LogP contribution < -0.4 is 10.9 Å². The van der Waals surface area contributed by atoms with Crippen molar-refractivity contribution in [3.05, 3.63) is 56.9 Å². The van der Waals surface area contributed by atoms with Crippen molar-refractivity contribution >= 4 is 11.6 Å². The van der Waals surface area contributed by atoms with E-state index in [9.17, 15) is 9.59 Å². The summed E-state index contributed by atoms with van der Waals surface area (Å²) in [6.45, 7) is 3.82. The molecular formula is C17H18N6O2. The lowest BCUT2D eigenvalue weighted by molar-refractivity contribution is 0.0935. The van der Waals surface area contributed by atoms with Crippen LogP contribution in [0.3, 0.4) is 0 Å². The van der Waals surface area contributed by atoms with Crippen LogP contribution in [0.4, 0.5) is 0 Å². The normalized spacial score (nSPS) is 16.6. The SMILES string of the molecule is Cc1cc(C)n2ncc(C(=O)NC3CCc4n[nH]c(=O)cc4C3)c2n1. The standard InChI is InChI=1S/C17H18N6O2/c1-9-5-10(2)23-16(19-9)13(8-18-23)17(25)20-12-3-4-14-11(6-12)7-15(24)22-21-14/h5,7-8,12H,3-4,6H2,1-2H3,(H,20,25)(H,22,24). The van der Waals surface area contributed by atoms with Gasteiger partial charge in [-0.15, -0.1) is 0 Å². The number of nitrogens with one attached hydrogen (secondary N) is 2. The lowest BCUT2D eigenvalue weighted by atomic mass is 9.92. The zero-order valence-corrected chi connectivity index (χ0v) is 14.0. The molecule has 3 heterocycles. The Morgan fingerprint density at radius 1 is 1.36 bits per heavy atom. The van der Waals surface area contributed by atoms with Crippen molar-refractivity contribution < 1.29 is 4.79 Å². The van der Waals surface area contributed by atoms with E-state index >= 15 is 0 Å². The van der Waals surface area contributed by atoms with Gasteiger partial charge in [0.05, 0.1) is 11.9 Å². The fourth-order valence-corrected chi connectivity index (χ4v) is 3.36. The van der Waals surface area contributed by atoms with Crippen LogP contribution in [-0.2, 0) is 12.8 Å². The Labute approximate surface area is 143 Å². The van der Waals surface area contributed by atoms with Gasteiger partial charge in [-0.05, 0) is 44.7 Å². The number of nitrogens with zero attached hydrogens (tertiary/aromatic N) is 4. The fraction of sp³-hybridized carbons (Fsp3) is 0.353. The van der Waals surface area contributed by atoms with Gasteiger partial charge in [-0.1, -0.05) is 0 Å². The van der Waals surface area contributed by atoms with Crippen LogP contribution in [-0.4, -0.2) is 36.7 Å². The van der Waals surface area contributed by atoms with Gasteiger partial charge in [-0.25, -0.2) is 14.6 Å². The van der Waals surface area contributed by atoms with Gasteiger partial charge in [-0.3, -0.25) is 9.59 Å². The summed E-state index contributed by atoms with van der Waals surface area (Å²) in [4.78, 5) is 28.6. The maximum Gasteiger partial charge on any atom is 0.264 e. The third kappa shape index (κ3) is 2.79. The monoisotopic (exact) mass is 338 g/mol. The number of aromatic nitrogens is 5. The Kier molecular flexibility index (Phi) is 3.60. The molecule has 4 rings (SSSR count). The number of amides is 1. The van der Waals surface area contributed by atoms with E-state index in [2.05, 4.69) is 25.6 Å². The van der Waals surface area contributed by atoms with Crippen molar-refractivity contribution in [2.24, 2.45) is 0 Å². The minimum absolute atomic E-state index is 0.0375. The summed E-state index contributed by atoms with van der Waals surface area (Å²) in [6, 6.07) is 3.44. The Morgan fingerprint density at radius 2 is 2.20 bits per heavy atom. The molecule has 3 aromatic rings. The van der Waals surface area contributed by atoms with Gasteiger partial charge >= 0.3 is 0 Å². The van der Waals surface area contributed by atoms with Crippen molar-refractivity contribution in [3.8, 4) is 0 Å². The number of H-pyrrole nitrogens is 1. The van der Waals surface area contributed by atoms with E-state index in [1.54, 1.807) is 16.8 Å². The Balaban J connectivity index is 1.58. The molecule has 1 amide bonds. The van der Waals surface area contributed by atoms with Crippen LogP contribution in [0, 0.1) is 13.8 Å². The van der Waals surface area contributed by atoms with E-state index in [1.165, 1.54) is 0 Å². The first-order valence-electron chi connectivity index (χ1n) is 8.21. The number of hydrogen-bond acceptors (Lipinski definition) is 5. The zero-order valence-electron chi connectivity index (χ0n) is 14.0. The van der Waals surface area contributed by atoms with Gasteiger partial charge in [0.2, 0.25) is 0 Å². The van der Waals surface area contributed by atoms with E-state index in [0.29, 0.717) is 17.6 Å². The fourth-order valence-electron chi connectivity index (χ4n) is 3.36. The lowest BCUT2D eigenvalue weighted by Gasteiger charge is -2.24. The van der Waals surface area contributed by atoms with Crippen LogP contribution >= 0.6 is 0 Å². The first-order chi connectivity index (χ1) is 12.0. The van der Waals surface area contributed by atoms with Crippen LogP contribution in [0.2, 0.25) is 0 Å². The molecule has 2 N–H and O–H groups in total. The first-order valence-corrected chi connectivity index (χ1v) is 8.21. The zero-order chi connectivity index (χ0) is 17.6. The average Bonchev–Trinajstić information content (AvgIpc) is 2.98. The second-order valence-corrected chi connectivity index (χ2v) is 6.45. The Morgan fingerprint density at radius 3 is 3.04 bits per heavy atom. The number of fused-ring (bicyclic) bond motifs is 2. The largest absolute Gasteiger partial charge is 0.349 e. The highest BCUT2D eigenvalue weighted by Crippen LogP contribution is 2.19. The third-order valence-corrected chi connectivity index (χ3v) is 4.53. The number of carbonyl (C=O) groups excluding carboxylic acids is 1. The summed E-state index contributed by atoms with van der Waals surface area (Å²) in [5.41, 5.74) is 4.36. The summed E-state index contributed by atoms with van der Waals surface area (Å²) >= 11 is 0.